The van der Waals surface area contributed by atoms with E-state index in [1.165, 1.54) is 11.3 Å². The largest absolute Gasteiger partial charge is 0.368 e. The quantitative estimate of drug-likeness (QED) is 0.902. The highest BCUT2D eigenvalue weighted by Crippen LogP contribution is 2.27. The standard InChI is InChI=1S/C17H25N3O/c1-13-4-2-5-14(12-13)19-8-10-20(11-9-19)17(21)15-6-3-7-16(15)18/h2,4-5,12,15-16H,3,6-11,18H2,1H3. The molecule has 0 spiro atoms. The Morgan fingerprint density at radius 3 is 2.57 bits per heavy atom. The van der Waals surface area contributed by atoms with Gasteiger partial charge in [0.15, 0.2) is 0 Å². The van der Waals surface area contributed by atoms with E-state index >= 15 is 0 Å². The number of rotatable bonds is 2. The van der Waals surface area contributed by atoms with Crippen molar-refractivity contribution >= 4 is 11.6 Å². The number of hydrogen-bond donors (Lipinski definition) is 1. The van der Waals surface area contributed by atoms with Crippen LogP contribution in [-0.2, 0) is 4.79 Å². The lowest BCUT2D eigenvalue weighted by Gasteiger charge is -2.37. The van der Waals surface area contributed by atoms with Gasteiger partial charge in [-0.15, -0.1) is 0 Å². The third kappa shape index (κ3) is 3.05. The van der Waals surface area contributed by atoms with E-state index in [0.29, 0.717) is 0 Å². The first-order chi connectivity index (χ1) is 10.1. The number of anilines is 1. The molecule has 4 heteroatoms. The molecule has 1 amide bonds. The van der Waals surface area contributed by atoms with Gasteiger partial charge in [0, 0.05) is 37.9 Å². The van der Waals surface area contributed by atoms with Crippen molar-refractivity contribution in [2.24, 2.45) is 11.7 Å². The molecule has 0 aromatic heterocycles. The molecule has 2 unspecified atom stereocenters. The van der Waals surface area contributed by atoms with Gasteiger partial charge in [0.25, 0.3) is 0 Å². The third-order valence-corrected chi connectivity index (χ3v) is 4.84. The van der Waals surface area contributed by atoms with Gasteiger partial charge < -0.3 is 15.5 Å². The van der Waals surface area contributed by atoms with Gasteiger partial charge in [-0.25, -0.2) is 0 Å². The van der Waals surface area contributed by atoms with Crippen molar-refractivity contribution in [2.75, 3.05) is 31.1 Å². The SMILES string of the molecule is Cc1cccc(N2CCN(C(=O)C3CCCC3N)CC2)c1. The summed E-state index contributed by atoms with van der Waals surface area (Å²) in [5.41, 5.74) is 8.61. The molecule has 0 bridgehead atoms. The van der Waals surface area contributed by atoms with Gasteiger partial charge in [-0.3, -0.25) is 4.79 Å². The van der Waals surface area contributed by atoms with Gasteiger partial charge in [-0.1, -0.05) is 18.6 Å². The van der Waals surface area contributed by atoms with Gasteiger partial charge in [0.05, 0.1) is 5.92 Å². The summed E-state index contributed by atoms with van der Waals surface area (Å²) in [4.78, 5) is 16.9. The topological polar surface area (TPSA) is 49.6 Å². The van der Waals surface area contributed by atoms with Crippen molar-refractivity contribution in [3.05, 3.63) is 29.8 Å². The second-order valence-corrected chi connectivity index (χ2v) is 6.35. The van der Waals surface area contributed by atoms with Crippen molar-refractivity contribution in [2.45, 2.75) is 32.2 Å². The Labute approximate surface area is 126 Å². The van der Waals surface area contributed by atoms with Crippen LogP contribution < -0.4 is 10.6 Å². The lowest BCUT2D eigenvalue weighted by molar-refractivity contribution is -0.136. The van der Waals surface area contributed by atoms with Gasteiger partial charge in [-0.2, -0.15) is 0 Å². The fraction of sp³-hybridized carbons (Fsp3) is 0.588. The average Bonchev–Trinajstić information content (AvgIpc) is 2.93. The predicted octanol–water partition coefficient (Wildman–Crippen LogP) is 1.77. The Kier molecular flexibility index (Phi) is 4.15. The summed E-state index contributed by atoms with van der Waals surface area (Å²) in [6.07, 6.45) is 3.07. The first kappa shape index (κ1) is 14.4. The summed E-state index contributed by atoms with van der Waals surface area (Å²) >= 11 is 0. The average molecular weight is 287 g/mol. The van der Waals surface area contributed by atoms with E-state index in [1.807, 2.05) is 4.90 Å². The van der Waals surface area contributed by atoms with Crippen LogP contribution in [0.1, 0.15) is 24.8 Å². The van der Waals surface area contributed by atoms with Crippen molar-refractivity contribution in [3.8, 4) is 0 Å². The fourth-order valence-corrected chi connectivity index (χ4v) is 3.54. The monoisotopic (exact) mass is 287 g/mol. The zero-order valence-electron chi connectivity index (χ0n) is 12.8. The molecule has 1 aromatic carbocycles. The number of carbonyl (C=O) groups excluding carboxylic acids is 1. The fourth-order valence-electron chi connectivity index (χ4n) is 3.54. The molecule has 1 saturated heterocycles. The molecule has 1 aliphatic heterocycles. The number of nitrogens with zero attached hydrogens (tertiary/aromatic N) is 2. The molecule has 3 rings (SSSR count). The minimum Gasteiger partial charge on any atom is -0.368 e. The second kappa shape index (κ2) is 6.06. The van der Waals surface area contributed by atoms with Crippen LogP contribution >= 0.6 is 0 Å². The molecule has 1 heterocycles. The molecule has 2 N–H and O–H groups in total. The summed E-state index contributed by atoms with van der Waals surface area (Å²) in [7, 11) is 0. The Morgan fingerprint density at radius 1 is 1.19 bits per heavy atom. The third-order valence-electron chi connectivity index (χ3n) is 4.84. The van der Waals surface area contributed by atoms with Crippen molar-refractivity contribution in [3.63, 3.8) is 0 Å². The molecule has 1 aliphatic carbocycles. The Bertz CT molecular complexity index is 509. The van der Waals surface area contributed by atoms with Crippen LogP contribution in [0.3, 0.4) is 0 Å². The van der Waals surface area contributed by atoms with Crippen molar-refractivity contribution in [1.82, 2.24) is 4.90 Å². The van der Waals surface area contributed by atoms with Crippen LogP contribution in [0.25, 0.3) is 0 Å². The smallest absolute Gasteiger partial charge is 0.227 e. The molecule has 4 nitrogen and oxygen atoms in total. The Morgan fingerprint density at radius 2 is 1.95 bits per heavy atom. The minimum absolute atomic E-state index is 0.0653. The van der Waals surface area contributed by atoms with E-state index in [0.717, 1.165) is 45.4 Å². The maximum absolute atomic E-state index is 12.5. The normalized spacial score (nSPS) is 26.2. The highest BCUT2D eigenvalue weighted by Gasteiger charge is 2.34. The molecular weight excluding hydrogens is 262 g/mol. The maximum Gasteiger partial charge on any atom is 0.227 e. The lowest BCUT2D eigenvalue weighted by Crippen LogP contribution is -2.52. The number of benzene rings is 1. The zero-order chi connectivity index (χ0) is 14.8. The summed E-state index contributed by atoms with van der Waals surface area (Å²) in [6, 6.07) is 8.65. The molecule has 114 valence electrons. The van der Waals surface area contributed by atoms with Gasteiger partial charge in [-0.05, 0) is 37.5 Å². The molecule has 1 saturated carbocycles. The van der Waals surface area contributed by atoms with Gasteiger partial charge >= 0.3 is 0 Å². The van der Waals surface area contributed by atoms with E-state index in [1.54, 1.807) is 0 Å². The number of nitrogens with two attached hydrogens (primary N) is 1. The molecule has 2 atom stereocenters. The zero-order valence-corrected chi connectivity index (χ0v) is 12.8. The van der Waals surface area contributed by atoms with Gasteiger partial charge in [0.1, 0.15) is 0 Å². The van der Waals surface area contributed by atoms with Crippen molar-refractivity contribution in [1.29, 1.82) is 0 Å². The summed E-state index contributed by atoms with van der Waals surface area (Å²) in [5, 5.41) is 0. The van der Waals surface area contributed by atoms with Crippen LogP contribution in [0, 0.1) is 12.8 Å². The van der Waals surface area contributed by atoms with Crippen LogP contribution in [0.15, 0.2) is 24.3 Å². The van der Waals surface area contributed by atoms with Gasteiger partial charge in [0.2, 0.25) is 5.91 Å². The molecule has 21 heavy (non-hydrogen) atoms. The predicted molar refractivity (Wildman–Crippen MR) is 85.3 cm³/mol. The molecule has 1 aromatic rings. The van der Waals surface area contributed by atoms with Crippen LogP contribution in [0.2, 0.25) is 0 Å². The molecule has 2 fully saturated rings. The van der Waals surface area contributed by atoms with Crippen LogP contribution in [0.5, 0.6) is 0 Å². The first-order valence-electron chi connectivity index (χ1n) is 8.01. The Balaban J connectivity index is 1.59. The number of amides is 1. The second-order valence-electron chi connectivity index (χ2n) is 6.35. The summed E-state index contributed by atoms with van der Waals surface area (Å²) < 4.78 is 0. The Hall–Kier alpha value is -1.55. The summed E-state index contributed by atoms with van der Waals surface area (Å²) in [5.74, 6) is 0.347. The number of hydrogen-bond acceptors (Lipinski definition) is 3. The molecular formula is C17H25N3O. The minimum atomic E-state index is 0.0653. The highest BCUT2D eigenvalue weighted by atomic mass is 16.2. The highest BCUT2D eigenvalue weighted by molar-refractivity contribution is 5.80. The number of carbonyl (C=O) groups is 1. The van der Waals surface area contributed by atoms with Crippen molar-refractivity contribution < 1.29 is 4.79 Å². The summed E-state index contributed by atoms with van der Waals surface area (Å²) in [6.45, 7) is 5.57. The lowest BCUT2D eigenvalue weighted by atomic mass is 10.0. The molecule has 2 aliphatic rings. The number of piperazine rings is 1. The van der Waals surface area contributed by atoms with E-state index in [4.69, 9.17) is 5.73 Å². The first-order valence-corrected chi connectivity index (χ1v) is 8.01. The van der Waals surface area contributed by atoms with Crippen LogP contribution in [-0.4, -0.2) is 43.0 Å². The van der Waals surface area contributed by atoms with E-state index in [2.05, 4.69) is 36.1 Å². The molecule has 0 radical (unpaired) electrons. The maximum atomic E-state index is 12.5. The van der Waals surface area contributed by atoms with E-state index in [9.17, 15) is 4.79 Å². The number of aryl methyl sites for hydroxylation is 1. The van der Waals surface area contributed by atoms with E-state index < -0.39 is 0 Å². The van der Waals surface area contributed by atoms with Crippen LogP contribution in [0.4, 0.5) is 5.69 Å². The van der Waals surface area contributed by atoms with E-state index in [-0.39, 0.29) is 17.9 Å².